The van der Waals surface area contributed by atoms with Gasteiger partial charge in [0.05, 0.1) is 0 Å². The molecular weight excluding hydrogens is 631 g/mol. The Morgan fingerprint density at radius 3 is 1.90 bits per heavy atom. The third-order valence-corrected chi connectivity index (χ3v) is 0.867. The van der Waals surface area contributed by atoms with Crippen molar-refractivity contribution in [1.29, 1.82) is 0 Å². The van der Waals surface area contributed by atoms with Gasteiger partial charge in [0.25, 0.3) is 0 Å². The Morgan fingerprint density at radius 1 is 1.30 bits per heavy atom. The summed E-state index contributed by atoms with van der Waals surface area (Å²) in [6.07, 6.45) is 8.33. The Bertz CT molecular complexity index is 107. The molecule has 0 nitrogen and oxygen atoms in total. The first-order valence-electron chi connectivity index (χ1n) is 2.13. The van der Waals surface area contributed by atoms with Crippen molar-refractivity contribution in [1.82, 2.24) is 0 Å². The largest absolute Gasteiger partial charge is 4.00 e. The topological polar surface area (TPSA) is 0 Å². The molecule has 0 fully saturated rings. The van der Waals surface area contributed by atoms with Crippen LogP contribution in [0.25, 0.3) is 0 Å². The summed E-state index contributed by atoms with van der Waals surface area (Å²) in [6, 6.07) is 0. The van der Waals surface area contributed by atoms with Gasteiger partial charge in [-0.05, 0) is 0 Å². The van der Waals surface area contributed by atoms with Crippen molar-refractivity contribution < 1.29 is 97.8 Å². The first-order valence-corrected chi connectivity index (χ1v) is 2.13. The maximum atomic E-state index is 3.12. The standard InChI is InChI=1S/C6H7.Hf.3HI/c1-6-4-2-3-5-6;;;;/h2,4H,3H2,1H3;;3*1H/q-1;+4;;;/p-3. The first-order chi connectivity index (χ1) is 2.89. The maximum absolute atomic E-state index is 3.12. The third kappa shape index (κ3) is 10.5. The molecule has 10 heavy (non-hydrogen) atoms. The SMILES string of the molecule is CC1=[C-]CC=C1.[Hf+4].[I-].[I-].[I-]. The summed E-state index contributed by atoms with van der Waals surface area (Å²) in [5.74, 6) is 0. The molecular formula is C6H7HfI3. The molecule has 0 heterocycles. The molecule has 0 aliphatic heterocycles. The van der Waals surface area contributed by atoms with Crippen LogP contribution in [0.2, 0.25) is 0 Å². The maximum Gasteiger partial charge on any atom is 4.00 e. The van der Waals surface area contributed by atoms with E-state index in [1.165, 1.54) is 5.57 Å². The van der Waals surface area contributed by atoms with Gasteiger partial charge in [0.1, 0.15) is 0 Å². The van der Waals surface area contributed by atoms with Crippen molar-refractivity contribution in [2.24, 2.45) is 0 Å². The Balaban J connectivity index is -0.0000000450. The van der Waals surface area contributed by atoms with Crippen molar-refractivity contribution in [3.05, 3.63) is 23.8 Å². The molecule has 0 radical (unpaired) electrons. The third-order valence-electron chi connectivity index (χ3n) is 0.867. The quantitative estimate of drug-likeness (QED) is 0.141. The van der Waals surface area contributed by atoms with E-state index in [1.807, 2.05) is 0 Å². The molecule has 0 bridgehead atoms. The zero-order valence-corrected chi connectivity index (χ0v) is 15.6. The van der Waals surface area contributed by atoms with Gasteiger partial charge in [-0.15, -0.1) is 6.42 Å². The van der Waals surface area contributed by atoms with Crippen molar-refractivity contribution >= 4 is 0 Å². The summed E-state index contributed by atoms with van der Waals surface area (Å²) >= 11 is 0. The fourth-order valence-electron chi connectivity index (χ4n) is 0.515. The van der Waals surface area contributed by atoms with Crippen molar-refractivity contribution in [2.45, 2.75) is 13.3 Å². The summed E-state index contributed by atoms with van der Waals surface area (Å²) < 4.78 is 0. The van der Waals surface area contributed by atoms with Gasteiger partial charge in [0.2, 0.25) is 0 Å². The number of rotatable bonds is 0. The summed E-state index contributed by atoms with van der Waals surface area (Å²) in [6.45, 7) is 2.06. The van der Waals surface area contributed by atoms with Gasteiger partial charge in [-0.1, -0.05) is 6.92 Å². The molecule has 0 aromatic carbocycles. The van der Waals surface area contributed by atoms with E-state index in [9.17, 15) is 0 Å². The smallest absolute Gasteiger partial charge is 1.00 e. The van der Waals surface area contributed by atoms with E-state index in [1.54, 1.807) is 0 Å². The molecule has 0 saturated heterocycles. The zero-order chi connectivity index (χ0) is 4.41. The Morgan fingerprint density at radius 2 is 1.80 bits per heavy atom. The van der Waals surface area contributed by atoms with Crippen LogP contribution in [0.4, 0.5) is 0 Å². The van der Waals surface area contributed by atoms with Crippen molar-refractivity contribution in [3.63, 3.8) is 0 Å². The minimum atomic E-state index is 0. The van der Waals surface area contributed by atoms with Crippen LogP contribution in [0.1, 0.15) is 13.3 Å². The van der Waals surface area contributed by atoms with Crippen LogP contribution >= 0.6 is 0 Å². The molecule has 56 valence electrons. The monoisotopic (exact) mass is 640 g/mol. The van der Waals surface area contributed by atoms with Gasteiger partial charge in [-0.3, -0.25) is 6.08 Å². The van der Waals surface area contributed by atoms with Gasteiger partial charge in [0.15, 0.2) is 0 Å². The number of halogens is 3. The van der Waals surface area contributed by atoms with E-state index in [2.05, 4.69) is 25.2 Å². The van der Waals surface area contributed by atoms with Crippen molar-refractivity contribution in [2.75, 3.05) is 0 Å². The number of hydrogen-bond acceptors (Lipinski definition) is 0. The van der Waals surface area contributed by atoms with E-state index in [4.69, 9.17) is 0 Å². The Kier molecular flexibility index (Phi) is 32.3. The van der Waals surface area contributed by atoms with E-state index >= 15 is 0 Å². The molecule has 0 aromatic heterocycles. The van der Waals surface area contributed by atoms with Gasteiger partial charge >= 0.3 is 25.8 Å². The van der Waals surface area contributed by atoms with E-state index in [0.717, 1.165) is 6.42 Å². The molecule has 0 aromatic rings. The van der Waals surface area contributed by atoms with Gasteiger partial charge < -0.3 is 71.9 Å². The van der Waals surface area contributed by atoms with Crippen LogP contribution in [-0.4, -0.2) is 0 Å². The van der Waals surface area contributed by atoms with Gasteiger partial charge in [-0.2, -0.15) is 6.08 Å². The molecule has 0 unspecified atom stereocenters. The van der Waals surface area contributed by atoms with Crippen molar-refractivity contribution in [3.8, 4) is 0 Å². The molecule has 4 heteroatoms. The summed E-state index contributed by atoms with van der Waals surface area (Å²) in [5, 5.41) is 0. The fraction of sp³-hybridized carbons (Fsp3) is 0.333. The minimum Gasteiger partial charge on any atom is -1.00 e. The molecule has 1 aliphatic rings. The predicted molar refractivity (Wildman–Crippen MR) is 26.2 cm³/mol. The number of hydrogen-bond donors (Lipinski definition) is 0. The molecule has 0 atom stereocenters. The molecule has 0 N–H and O–H groups in total. The number of allylic oxidation sites excluding steroid dienone is 4. The van der Waals surface area contributed by atoms with Crippen LogP contribution in [0.15, 0.2) is 17.7 Å². The van der Waals surface area contributed by atoms with Crippen LogP contribution in [0.5, 0.6) is 0 Å². The summed E-state index contributed by atoms with van der Waals surface area (Å²) in [4.78, 5) is 0. The van der Waals surface area contributed by atoms with Gasteiger partial charge in [0, 0.05) is 0 Å². The normalized spacial score (nSPS) is 11.1. The van der Waals surface area contributed by atoms with Crippen LogP contribution in [0, 0.1) is 6.08 Å². The van der Waals surface area contributed by atoms with E-state index < -0.39 is 0 Å². The zero-order valence-electron chi connectivity index (χ0n) is 5.50. The van der Waals surface area contributed by atoms with Gasteiger partial charge in [-0.25, -0.2) is 11.6 Å². The Labute approximate surface area is 133 Å². The van der Waals surface area contributed by atoms with Crippen LogP contribution < -0.4 is 71.9 Å². The van der Waals surface area contributed by atoms with E-state index in [0.29, 0.717) is 0 Å². The second kappa shape index (κ2) is 14.1. The second-order valence-corrected chi connectivity index (χ2v) is 1.47. The fourth-order valence-corrected chi connectivity index (χ4v) is 0.515. The van der Waals surface area contributed by atoms with E-state index in [-0.39, 0.29) is 97.8 Å². The Hall–Kier alpha value is 2.54. The van der Waals surface area contributed by atoms with Crippen LogP contribution in [-0.2, 0) is 25.8 Å². The minimum absolute atomic E-state index is 0. The summed E-state index contributed by atoms with van der Waals surface area (Å²) in [7, 11) is 0. The summed E-state index contributed by atoms with van der Waals surface area (Å²) in [5.41, 5.74) is 1.27. The predicted octanol–water partition coefficient (Wildman–Crippen LogP) is -7.29. The second-order valence-electron chi connectivity index (χ2n) is 1.47. The first kappa shape index (κ1) is 22.9. The van der Waals surface area contributed by atoms with Crippen LogP contribution in [0.3, 0.4) is 0 Å². The molecule has 0 amide bonds. The molecule has 0 spiro atoms. The molecule has 1 rings (SSSR count). The average molecular weight is 638 g/mol. The molecule has 0 saturated carbocycles. The molecule has 1 aliphatic carbocycles. The average Bonchev–Trinajstić information content (AvgIpc) is 1.86.